The van der Waals surface area contributed by atoms with Gasteiger partial charge >= 0.3 is 0 Å². The van der Waals surface area contributed by atoms with Crippen LogP contribution in [0, 0.1) is 22.1 Å². The molecular formula is C33H46BrFN4O2. The van der Waals surface area contributed by atoms with E-state index in [0.29, 0.717) is 38.4 Å². The van der Waals surface area contributed by atoms with Gasteiger partial charge in [-0.25, -0.2) is 14.4 Å². The van der Waals surface area contributed by atoms with Crippen LogP contribution < -0.4 is 14.8 Å². The van der Waals surface area contributed by atoms with Gasteiger partial charge in [0.2, 0.25) is 0 Å². The molecule has 41 heavy (non-hydrogen) atoms. The molecule has 8 heteroatoms. The third kappa shape index (κ3) is 4.34. The maximum Gasteiger partial charge on any atom is 0.164 e. The molecule has 0 bridgehead atoms. The number of fused-ring (bicyclic) bond motifs is 1. The van der Waals surface area contributed by atoms with E-state index in [-0.39, 0.29) is 33.1 Å². The molecule has 1 saturated heterocycles. The molecule has 0 radical (unpaired) electrons. The minimum atomic E-state index is -0.634. The van der Waals surface area contributed by atoms with Gasteiger partial charge in [0.05, 0.1) is 18.3 Å². The average molecular weight is 630 g/mol. The van der Waals surface area contributed by atoms with Gasteiger partial charge < -0.3 is 14.8 Å². The smallest absolute Gasteiger partial charge is 0.164 e. The summed E-state index contributed by atoms with van der Waals surface area (Å²) in [7, 11) is 3.87. The highest BCUT2D eigenvalue weighted by Gasteiger charge is 2.73. The molecule has 3 aromatic rings. The lowest BCUT2D eigenvalue weighted by molar-refractivity contribution is -0.292. The van der Waals surface area contributed by atoms with Crippen molar-refractivity contribution in [2.24, 2.45) is 16.2 Å². The van der Waals surface area contributed by atoms with Gasteiger partial charge in [0, 0.05) is 32.4 Å². The number of halogens is 2. The van der Waals surface area contributed by atoms with Crippen molar-refractivity contribution in [3.63, 3.8) is 0 Å². The van der Waals surface area contributed by atoms with E-state index in [1.807, 2.05) is 12.1 Å². The Hall–Kier alpha value is -2.45. The Morgan fingerprint density at radius 1 is 0.878 bits per heavy atom. The highest BCUT2D eigenvalue weighted by molar-refractivity contribution is 9.10. The summed E-state index contributed by atoms with van der Waals surface area (Å²) in [6, 6.07) is 8.61. The molecule has 1 aliphatic rings. The predicted molar refractivity (Wildman–Crippen MR) is 170 cm³/mol. The van der Waals surface area contributed by atoms with Gasteiger partial charge in [0.25, 0.3) is 0 Å². The van der Waals surface area contributed by atoms with E-state index in [9.17, 15) is 4.39 Å². The van der Waals surface area contributed by atoms with Crippen LogP contribution in [0.1, 0.15) is 76.2 Å². The second kappa shape index (κ2) is 9.80. The molecule has 4 rings (SSSR count). The molecule has 2 heterocycles. The van der Waals surface area contributed by atoms with Crippen LogP contribution in [0.4, 0.5) is 15.9 Å². The first kappa shape index (κ1) is 31.5. The van der Waals surface area contributed by atoms with E-state index in [2.05, 4.69) is 119 Å². The Kier molecular flexibility index (Phi) is 7.52. The van der Waals surface area contributed by atoms with E-state index in [1.54, 1.807) is 19.2 Å². The van der Waals surface area contributed by atoms with Gasteiger partial charge in [-0.05, 0) is 83.7 Å². The van der Waals surface area contributed by atoms with Gasteiger partial charge in [0.1, 0.15) is 23.6 Å². The number of anilines is 2. The zero-order valence-electron chi connectivity index (χ0n) is 26.9. The maximum absolute atomic E-state index is 14.6. The fourth-order valence-electron chi connectivity index (χ4n) is 7.55. The monoisotopic (exact) mass is 628 g/mol. The predicted octanol–water partition coefficient (Wildman–Crippen LogP) is 9.00. The molecule has 0 saturated carbocycles. The van der Waals surface area contributed by atoms with E-state index in [4.69, 9.17) is 9.47 Å². The number of hydrogen-bond acceptors (Lipinski definition) is 6. The number of nitrogens with zero attached hydrogens (tertiary/aromatic N) is 3. The van der Waals surface area contributed by atoms with Gasteiger partial charge in [0.15, 0.2) is 11.5 Å². The summed E-state index contributed by atoms with van der Waals surface area (Å²) in [5.41, 5.74) is -0.575. The quantitative estimate of drug-likeness (QED) is 0.294. The highest BCUT2D eigenvalue weighted by atomic mass is 79.9. The van der Waals surface area contributed by atoms with Gasteiger partial charge in [-0.3, -0.25) is 4.90 Å². The van der Waals surface area contributed by atoms with E-state index < -0.39 is 5.60 Å². The third-order valence-corrected chi connectivity index (χ3v) is 12.4. The molecule has 2 aromatic carbocycles. The maximum atomic E-state index is 14.6. The molecule has 0 amide bonds. The first-order valence-corrected chi connectivity index (χ1v) is 14.9. The fourth-order valence-corrected chi connectivity index (χ4v) is 7.88. The summed E-state index contributed by atoms with van der Waals surface area (Å²) in [6.45, 7) is 25.6. The van der Waals surface area contributed by atoms with Crippen molar-refractivity contribution >= 4 is 38.3 Å². The zero-order valence-corrected chi connectivity index (χ0v) is 28.5. The second-order valence-electron chi connectivity index (χ2n) is 14.2. The minimum absolute atomic E-state index is 0.134. The summed E-state index contributed by atoms with van der Waals surface area (Å²) in [5.74, 6) is 1.26. The Morgan fingerprint density at radius 3 is 2.00 bits per heavy atom. The van der Waals surface area contributed by atoms with E-state index in [1.165, 1.54) is 12.4 Å². The Bertz CT molecular complexity index is 1450. The normalized spacial score (nSPS) is 21.0. The highest BCUT2D eigenvalue weighted by Crippen LogP contribution is 2.71. The van der Waals surface area contributed by atoms with Gasteiger partial charge in [-0.2, -0.15) is 0 Å². The first-order valence-electron chi connectivity index (χ1n) is 14.1. The molecule has 0 atom stereocenters. The topological polar surface area (TPSA) is 59.5 Å². The lowest BCUT2D eigenvalue weighted by atomic mass is 9.37. The van der Waals surface area contributed by atoms with Crippen LogP contribution in [0.15, 0.2) is 41.1 Å². The number of benzene rings is 2. The second-order valence-corrected chi connectivity index (χ2v) is 15.1. The Labute approximate surface area is 253 Å². The molecule has 1 aliphatic heterocycles. The number of methoxy groups -OCH3 is 1. The van der Waals surface area contributed by atoms with Crippen LogP contribution in [0.25, 0.3) is 10.9 Å². The van der Waals surface area contributed by atoms with Crippen molar-refractivity contribution in [3.8, 4) is 11.5 Å². The molecule has 1 aromatic heterocycles. The van der Waals surface area contributed by atoms with E-state index in [0.717, 1.165) is 0 Å². The van der Waals surface area contributed by atoms with Crippen LogP contribution in [0.5, 0.6) is 11.5 Å². The SMILES string of the molecule is COc1cc2c(Nc3ccc(Br)cc3F)ncnc2cc1OC(C)(C)C1(C)C(C)(C)C(C)(C)N(C)C(C)(C)C1(C)C. The van der Waals surface area contributed by atoms with Crippen molar-refractivity contribution in [1.29, 1.82) is 0 Å². The van der Waals surface area contributed by atoms with Crippen molar-refractivity contribution in [1.82, 2.24) is 14.9 Å². The third-order valence-electron chi connectivity index (χ3n) is 11.9. The van der Waals surface area contributed by atoms with Crippen LogP contribution >= 0.6 is 15.9 Å². The van der Waals surface area contributed by atoms with Crippen LogP contribution in [-0.4, -0.2) is 45.7 Å². The summed E-state index contributed by atoms with van der Waals surface area (Å²) in [4.78, 5) is 11.5. The summed E-state index contributed by atoms with van der Waals surface area (Å²) < 4.78 is 28.2. The number of piperidine rings is 1. The molecule has 0 spiro atoms. The number of ether oxygens (including phenoxy) is 2. The number of hydrogen-bond donors (Lipinski definition) is 1. The number of nitrogens with one attached hydrogen (secondary N) is 1. The molecule has 0 aliphatic carbocycles. The molecule has 1 N–H and O–H groups in total. The minimum Gasteiger partial charge on any atom is -0.493 e. The lowest BCUT2D eigenvalue weighted by Gasteiger charge is -2.76. The first-order chi connectivity index (χ1) is 18.7. The van der Waals surface area contributed by atoms with Crippen molar-refractivity contribution < 1.29 is 13.9 Å². The molecule has 224 valence electrons. The largest absolute Gasteiger partial charge is 0.493 e. The number of aromatic nitrogens is 2. The molecule has 0 unspecified atom stereocenters. The Balaban J connectivity index is 1.83. The van der Waals surface area contributed by atoms with Crippen LogP contribution in [-0.2, 0) is 0 Å². The fraction of sp³-hybridized carbons (Fsp3) is 0.576. The molecule has 6 nitrogen and oxygen atoms in total. The van der Waals surface area contributed by atoms with E-state index >= 15 is 0 Å². The molecule has 1 fully saturated rings. The van der Waals surface area contributed by atoms with Crippen LogP contribution in [0.2, 0.25) is 0 Å². The lowest BCUT2D eigenvalue weighted by Crippen LogP contribution is -2.81. The average Bonchev–Trinajstić information content (AvgIpc) is 2.87. The van der Waals surface area contributed by atoms with Crippen molar-refractivity contribution in [3.05, 3.63) is 46.9 Å². The van der Waals surface area contributed by atoms with Crippen LogP contribution in [0.3, 0.4) is 0 Å². The van der Waals surface area contributed by atoms with Crippen molar-refractivity contribution in [2.75, 3.05) is 19.5 Å². The Morgan fingerprint density at radius 2 is 1.46 bits per heavy atom. The van der Waals surface area contributed by atoms with Gasteiger partial charge in [-0.15, -0.1) is 0 Å². The zero-order chi connectivity index (χ0) is 31.0. The summed E-state index contributed by atoms with van der Waals surface area (Å²) in [5, 5.41) is 3.81. The standard InChI is InChI=1S/C33H46BrFN4O2/c1-28(2)30(5,6)39(12)31(7,8)29(3,4)33(28,11)32(9,10)41-26-18-24-21(17-25(26)40-13)27(37-19-36-24)38-23-15-14-20(34)16-22(23)35/h14-19H,1-13H3,(H,36,37,38). The molecular weight excluding hydrogens is 583 g/mol. The summed E-state index contributed by atoms with van der Waals surface area (Å²) >= 11 is 3.31. The van der Waals surface area contributed by atoms with Crippen molar-refractivity contribution in [2.45, 2.75) is 92.8 Å². The van der Waals surface area contributed by atoms with Gasteiger partial charge in [-0.1, -0.05) is 50.5 Å². The summed E-state index contributed by atoms with van der Waals surface area (Å²) in [6.07, 6.45) is 1.47. The number of likely N-dealkylation sites (tertiary alicyclic amines) is 1. The number of rotatable bonds is 6.